The van der Waals surface area contributed by atoms with E-state index in [1.54, 1.807) is 51.9 Å². The quantitative estimate of drug-likeness (QED) is 0.227. The first-order chi connectivity index (χ1) is 20.8. The third-order valence-corrected chi connectivity index (χ3v) is 7.56. The lowest BCUT2D eigenvalue weighted by Gasteiger charge is -2.16. The molecule has 0 aliphatic heterocycles. The molecule has 0 spiro atoms. The van der Waals surface area contributed by atoms with Crippen molar-refractivity contribution < 1.29 is 23.1 Å². The Labute approximate surface area is 245 Å². The minimum Gasteiger partial charge on any atom is -0.452 e. The van der Waals surface area contributed by atoms with Crippen LogP contribution in [-0.4, -0.2) is 31.1 Å². The molecule has 6 rings (SSSR count). The molecule has 1 amide bonds. The van der Waals surface area contributed by atoms with Crippen molar-refractivity contribution in [1.82, 2.24) is 19.4 Å². The minimum absolute atomic E-state index is 0.0276. The van der Waals surface area contributed by atoms with Gasteiger partial charge in [-0.1, -0.05) is 24.3 Å². The average molecular weight is 580 g/mol. The molecule has 0 bridgehead atoms. The summed E-state index contributed by atoms with van der Waals surface area (Å²) in [5.41, 5.74) is 4.32. The van der Waals surface area contributed by atoms with Gasteiger partial charge >= 0.3 is 0 Å². The van der Waals surface area contributed by atoms with Gasteiger partial charge < -0.3 is 10.1 Å². The summed E-state index contributed by atoms with van der Waals surface area (Å²) in [6.07, 6.45) is 10.8. The highest BCUT2D eigenvalue weighted by Crippen LogP contribution is 2.34. The fraction of sp³-hybridized carbons (Fsp3) is 0.152. The lowest BCUT2D eigenvalue weighted by Crippen LogP contribution is -2.21. The number of allylic oxidation sites excluding steroid dienone is 3. The van der Waals surface area contributed by atoms with Crippen molar-refractivity contribution in [2.75, 3.05) is 5.32 Å². The van der Waals surface area contributed by atoms with Crippen LogP contribution in [0.5, 0.6) is 11.5 Å². The molecule has 216 valence electrons. The molecule has 1 atom stereocenters. The van der Waals surface area contributed by atoms with Crippen LogP contribution in [0.2, 0.25) is 0 Å². The molecule has 1 aliphatic carbocycles. The molecule has 0 fully saturated rings. The second-order valence-corrected chi connectivity index (χ2v) is 10.3. The van der Waals surface area contributed by atoms with Gasteiger partial charge in [0.2, 0.25) is 0 Å². The maximum absolute atomic E-state index is 15.2. The maximum atomic E-state index is 15.2. The summed E-state index contributed by atoms with van der Waals surface area (Å²) < 4.78 is 37.9. The van der Waals surface area contributed by atoms with Crippen molar-refractivity contribution in [2.45, 2.75) is 25.7 Å². The summed E-state index contributed by atoms with van der Waals surface area (Å²) in [5, 5.41) is 11.2. The summed E-state index contributed by atoms with van der Waals surface area (Å²) in [4.78, 5) is 25.9. The van der Waals surface area contributed by atoms with E-state index in [1.807, 2.05) is 26.2 Å². The Kier molecular flexibility index (Phi) is 7.41. The molecule has 43 heavy (non-hydrogen) atoms. The number of hydrogen-bond donors (Lipinski definition) is 1. The molecule has 5 aromatic rings. The van der Waals surface area contributed by atoms with Gasteiger partial charge in [-0.15, -0.1) is 0 Å². The van der Waals surface area contributed by atoms with Crippen LogP contribution in [0.3, 0.4) is 0 Å². The summed E-state index contributed by atoms with van der Waals surface area (Å²) in [7, 11) is 1.85. The predicted molar refractivity (Wildman–Crippen MR) is 158 cm³/mol. The van der Waals surface area contributed by atoms with Crippen LogP contribution < -0.4 is 10.1 Å². The zero-order valence-electron chi connectivity index (χ0n) is 23.4. The van der Waals surface area contributed by atoms with E-state index in [2.05, 4.69) is 15.5 Å². The summed E-state index contributed by atoms with van der Waals surface area (Å²) in [6, 6.07) is 13.8. The molecule has 2 aromatic carbocycles. The van der Waals surface area contributed by atoms with Crippen molar-refractivity contribution in [3.05, 3.63) is 120 Å². The standard InChI is InChI=1S/C33H27F2N5O3/c1-20-27(18-37-39(20)2)23-16-32(29-14-15-36-40(29)19-23)43-31-13-11-25(17-28(31)35)38-33(42)26-5-3-4-21(8-12-30(26)41)22-6-9-24(34)10-7-22/h3-7,9-11,13-19,21H,8,12H2,1-2H3,(H,38,42)/b4-3-,26-5+. The monoisotopic (exact) mass is 579 g/mol. The number of ketones is 1. The lowest BCUT2D eigenvalue weighted by atomic mass is 9.89. The third kappa shape index (κ3) is 5.72. The molecule has 1 unspecified atom stereocenters. The van der Waals surface area contributed by atoms with Crippen molar-refractivity contribution in [2.24, 2.45) is 7.05 Å². The van der Waals surface area contributed by atoms with Crippen LogP contribution in [-0.2, 0) is 16.6 Å². The Hall–Kier alpha value is -5.38. The first-order valence-electron chi connectivity index (χ1n) is 13.7. The molecule has 0 saturated heterocycles. The maximum Gasteiger partial charge on any atom is 0.259 e. The Balaban J connectivity index is 1.19. The van der Waals surface area contributed by atoms with E-state index in [4.69, 9.17) is 4.74 Å². The van der Waals surface area contributed by atoms with E-state index in [0.717, 1.165) is 28.5 Å². The Bertz CT molecular complexity index is 1920. The number of fused-ring (bicyclic) bond motifs is 1. The van der Waals surface area contributed by atoms with Gasteiger partial charge in [-0.3, -0.25) is 14.3 Å². The number of ether oxygens (including phenoxy) is 1. The van der Waals surface area contributed by atoms with Crippen molar-refractivity contribution in [3.63, 3.8) is 0 Å². The Morgan fingerprint density at radius 1 is 1.05 bits per heavy atom. The van der Waals surface area contributed by atoms with Crippen molar-refractivity contribution in [1.29, 1.82) is 0 Å². The van der Waals surface area contributed by atoms with Gasteiger partial charge in [-0.2, -0.15) is 10.2 Å². The Morgan fingerprint density at radius 2 is 1.86 bits per heavy atom. The smallest absolute Gasteiger partial charge is 0.259 e. The van der Waals surface area contributed by atoms with Crippen LogP contribution in [0.25, 0.3) is 16.6 Å². The van der Waals surface area contributed by atoms with Gasteiger partial charge in [0.25, 0.3) is 5.91 Å². The molecular formula is C33H27F2N5O3. The number of anilines is 1. The van der Waals surface area contributed by atoms with E-state index in [-0.39, 0.29) is 40.9 Å². The molecule has 3 heterocycles. The zero-order chi connectivity index (χ0) is 30.1. The number of nitrogens with zero attached hydrogens (tertiary/aromatic N) is 4. The number of amides is 1. The molecule has 1 aliphatic rings. The summed E-state index contributed by atoms with van der Waals surface area (Å²) in [5.74, 6) is -1.72. The molecule has 8 nitrogen and oxygen atoms in total. The van der Waals surface area contributed by atoms with E-state index < -0.39 is 11.7 Å². The van der Waals surface area contributed by atoms with Crippen molar-refractivity contribution in [3.8, 4) is 22.6 Å². The first-order valence-corrected chi connectivity index (χ1v) is 13.7. The fourth-order valence-electron chi connectivity index (χ4n) is 5.07. The number of rotatable bonds is 6. The number of carbonyl (C=O) groups excluding carboxylic acids is 2. The van der Waals surface area contributed by atoms with E-state index in [1.165, 1.54) is 30.3 Å². The topological polar surface area (TPSA) is 90.5 Å². The largest absolute Gasteiger partial charge is 0.452 e. The SMILES string of the molecule is Cc1c(-c2cc(Oc3ccc(NC(=O)/C4=C/C=C\C(c5ccc(F)cc5)CCC4=O)cc3F)c3ccnn3c2)cnn1C. The number of halogens is 2. The fourth-order valence-corrected chi connectivity index (χ4v) is 5.07. The highest BCUT2D eigenvalue weighted by molar-refractivity contribution is 6.23. The van der Waals surface area contributed by atoms with Gasteiger partial charge in [-0.25, -0.2) is 13.3 Å². The first kappa shape index (κ1) is 27.8. The molecule has 0 saturated carbocycles. The van der Waals surface area contributed by atoms with Gasteiger partial charge in [-0.05, 0) is 61.4 Å². The molecule has 1 N–H and O–H groups in total. The number of aryl methyl sites for hydroxylation is 1. The Morgan fingerprint density at radius 3 is 2.60 bits per heavy atom. The highest BCUT2D eigenvalue weighted by atomic mass is 19.1. The number of benzene rings is 2. The summed E-state index contributed by atoms with van der Waals surface area (Å²) >= 11 is 0. The number of hydrogen-bond acceptors (Lipinski definition) is 5. The second kappa shape index (κ2) is 11.5. The second-order valence-electron chi connectivity index (χ2n) is 10.3. The van der Waals surface area contributed by atoms with Crippen molar-refractivity contribution >= 4 is 22.9 Å². The molecule has 0 radical (unpaired) electrons. The molecule has 10 heteroatoms. The third-order valence-electron chi connectivity index (χ3n) is 7.56. The van der Waals surface area contributed by atoms with Gasteiger partial charge in [0.1, 0.15) is 11.3 Å². The number of nitrogens with one attached hydrogen (secondary N) is 1. The van der Waals surface area contributed by atoms with Crippen LogP contribution in [0, 0.1) is 18.6 Å². The van der Waals surface area contributed by atoms with E-state index >= 15 is 4.39 Å². The lowest BCUT2D eigenvalue weighted by molar-refractivity contribution is -0.120. The minimum atomic E-state index is -0.696. The van der Waals surface area contributed by atoms with Crippen LogP contribution in [0.15, 0.2) is 97.0 Å². The van der Waals surface area contributed by atoms with Gasteiger partial charge in [0, 0.05) is 54.2 Å². The number of Topliss-reactive ketones (excluding diaryl/α,β-unsaturated/α-hetero) is 1. The van der Waals surface area contributed by atoms with E-state index in [0.29, 0.717) is 17.7 Å². The summed E-state index contributed by atoms with van der Waals surface area (Å²) in [6.45, 7) is 1.95. The van der Waals surface area contributed by atoms with Crippen LogP contribution in [0.4, 0.5) is 14.5 Å². The van der Waals surface area contributed by atoms with Crippen LogP contribution >= 0.6 is 0 Å². The normalized spacial score (nSPS) is 17.2. The van der Waals surface area contributed by atoms with Gasteiger partial charge in [0.15, 0.2) is 23.1 Å². The number of aromatic nitrogens is 4. The predicted octanol–water partition coefficient (Wildman–Crippen LogP) is 6.68. The van der Waals surface area contributed by atoms with Crippen LogP contribution in [0.1, 0.15) is 30.0 Å². The molecular weight excluding hydrogens is 552 g/mol. The number of carbonyl (C=O) groups is 2. The molecule has 3 aromatic heterocycles. The van der Waals surface area contributed by atoms with E-state index in [9.17, 15) is 14.0 Å². The van der Waals surface area contributed by atoms with Gasteiger partial charge in [0.05, 0.1) is 18.0 Å². The number of pyridine rings is 1. The average Bonchev–Trinajstić information content (AvgIpc) is 3.59. The highest BCUT2D eigenvalue weighted by Gasteiger charge is 2.22. The zero-order valence-corrected chi connectivity index (χ0v) is 23.4.